The normalized spacial score (nSPS) is 10.3. The summed E-state index contributed by atoms with van der Waals surface area (Å²) in [6, 6.07) is 13.7. The minimum absolute atomic E-state index is 0. The molecule has 0 amide bonds. The molecule has 93 valence electrons. The van der Waals surface area contributed by atoms with Crippen molar-refractivity contribution in [2.75, 3.05) is 0 Å². The molecule has 0 aliphatic carbocycles. The van der Waals surface area contributed by atoms with Gasteiger partial charge in [-0.2, -0.15) is 12.1 Å². The Hall–Kier alpha value is -1.02. The average molecular weight is 431 g/mol. The van der Waals surface area contributed by atoms with Crippen molar-refractivity contribution in [1.82, 2.24) is 4.98 Å². The van der Waals surface area contributed by atoms with Gasteiger partial charge in [0, 0.05) is 25.5 Å². The summed E-state index contributed by atoms with van der Waals surface area (Å²) < 4.78 is 0. The molecule has 3 rings (SSSR count). The predicted molar refractivity (Wildman–Crippen MR) is 73.4 cm³/mol. The second-order valence-corrected chi connectivity index (χ2v) is 5.16. The molecule has 18 heavy (non-hydrogen) atoms. The van der Waals surface area contributed by atoms with E-state index in [9.17, 15) is 0 Å². The van der Waals surface area contributed by atoms with E-state index in [2.05, 4.69) is 44.2 Å². The van der Waals surface area contributed by atoms with Crippen LogP contribution in [0.1, 0.15) is 11.1 Å². The maximum Gasteiger partial charge on any atom is 0.0562 e. The summed E-state index contributed by atoms with van der Waals surface area (Å²) in [5.74, 6) is 0. The summed E-state index contributed by atoms with van der Waals surface area (Å²) in [6.45, 7) is 4.25. The van der Waals surface area contributed by atoms with Crippen LogP contribution in [0.15, 0.2) is 35.7 Å². The molecular formula is C15H12IrNS-. The average Bonchev–Trinajstić information content (AvgIpc) is 2.83. The largest absolute Gasteiger partial charge is 0.310 e. The van der Waals surface area contributed by atoms with E-state index in [1.807, 2.05) is 11.4 Å². The van der Waals surface area contributed by atoms with Gasteiger partial charge < -0.3 is 4.98 Å². The second kappa shape index (κ2) is 5.31. The number of pyridine rings is 1. The van der Waals surface area contributed by atoms with Crippen LogP contribution < -0.4 is 0 Å². The van der Waals surface area contributed by atoms with Crippen LogP contribution in [-0.2, 0) is 20.1 Å². The van der Waals surface area contributed by atoms with Crippen LogP contribution in [-0.4, -0.2) is 4.98 Å². The molecule has 0 atom stereocenters. The molecule has 2 heterocycles. The topological polar surface area (TPSA) is 12.9 Å². The van der Waals surface area contributed by atoms with E-state index in [-0.39, 0.29) is 20.1 Å². The Morgan fingerprint density at radius 3 is 2.72 bits per heavy atom. The van der Waals surface area contributed by atoms with Gasteiger partial charge in [0.2, 0.25) is 0 Å². The van der Waals surface area contributed by atoms with Crippen LogP contribution in [0.25, 0.3) is 21.5 Å². The van der Waals surface area contributed by atoms with Gasteiger partial charge in [-0.05, 0) is 31.7 Å². The summed E-state index contributed by atoms with van der Waals surface area (Å²) in [5, 5.41) is 3.27. The second-order valence-electron chi connectivity index (χ2n) is 4.24. The maximum atomic E-state index is 4.70. The van der Waals surface area contributed by atoms with Crippen LogP contribution in [0.3, 0.4) is 0 Å². The van der Waals surface area contributed by atoms with E-state index in [4.69, 9.17) is 4.98 Å². The van der Waals surface area contributed by atoms with Gasteiger partial charge in [0.25, 0.3) is 0 Å². The molecule has 2 aromatic heterocycles. The number of thiophene rings is 1. The fraction of sp³-hybridized carbons (Fsp3) is 0.133. The quantitative estimate of drug-likeness (QED) is 0.522. The Kier molecular flexibility index (Phi) is 3.96. The van der Waals surface area contributed by atoms with Gasteiger partial charge in [-0.3, -0.25) is 0 Å². The predicted octanol–water partition coefficient (Wildman–Crippen LogP) is 4.38. The molecule has 0 fully saturated rings. The Morgan fingerprint density at radius 1 is 1.17 bits per heavy atom. The SMILES string of the molecule is Cc1ccc2nc(-c3[c-]ccs3)cc(C)c2c1.[Ir]. The molecule has 3 aromatic rings. The summed E-state index contributed by atoms with van der Waals surface area (Å²) >= 11 is 1.68. The van der Waals surface area contributed by atoms with Gasteiger partial charge in [-0.15, -0.1) is 5.38 Å². The van der Waals surface area contributed by atoms with Gasteiger partial charge in [0.05, 0.1) is 5.52 Å². The fourth-order valence-electron chi connectivity index (χ4n) is 2.00. The van der Waals surface area contributed by atoms with Crippen LogP contribution in [0.5, 0.6) is 0 Å². The zero-order valence-corrected chi connectivity index (χ0v) is 13.4. The van der Waals surface area contributed by atoms with E-state index >= 15 is 0 Å². The minimum Gasteiger partial charge on any atom is -0.310 e. The van der Waals surface area contributed by atoms with Crippen molar-refractivity contribution < 1.29 is 20.1 Å². The van der Waals surface area contributed by atoms with Crippen molar-refractivity contribution in [2.45, 2.75) is 13.8 Å². The first-order chi connectivity index (χ1) is 8.24. The first kappa shape index (κ1) is 13.4. The van der Waals surface area contributed by atoms with Gasteiger partial charge in [0.1, 0.15) is 0 Å². The van der Waals surface area contributed by atoms with E-state index in [1.54, 1.807) is 11.3 Å². The van der Waals surface area contributed by atoms with Gasteiger partial charge in [0.15, 0.2) is 0 Å². The van der Waals surface area contributed by atoms with E-state index < -0.39 is 0 Å². The van der Waals surface area contributed by atoms with Crippen LogP contribution in [0.4, 0.5) is 0 Å². The summed E-state index contributed by atoms with van der Waals surface area (Å²) in [7, 11) is 0. The van der Waals surface area contributed by atoms with Crippen molar-refractivity contribution in [3.63, 3.8) is 0 Å². The number of benzene rings is 1. The Morgan fingerprint density at radius 2 is 2.00 bits per heavy atom. The number of aromatic nitrogens is 1. The molecule has 3 heteroatoms. The molecule has 0 bridgehead atoms. The van der Waals surface area contributed by atoms with Crippen molar-refractivity contribution >= 4 is 22.2 Å². The van der Waals surface area contributed by atoms with Gasteiger partial charge in [-0.1, -0.05) is 28.1 Å². The Balaban J connectivity index is 0.00000120. The number of aryl methyl sites for hydroxylation is 2. The molecule has 1 aromatic carbocycles. The number of nitrogens with zero attached hydrogens (tertiary/aromatic N) is 1. The van der Waals surface area contributed by atoms with Gasteiger partial charge >= 0.3 is 0 Å². The summed E-state index contributed by atoms with van der Waals surface area (Å²) in [4.78, 5) is 5.81. The molecule has 0 aliphatic heterocycles. The first-order valence-electron chi connectivity index (χ1n) is 5.57. The molecular weight excluding hydrogens is 418 g/mol. The van der Waals surface area contributed by atoms with Crippen LogP contribution in [0.2, 0.25) is 0 Å². The van der Waals surface area contributed by atoms with Crippen molar-refractivity contribution in [3.05, 3.63) is 52.9 Å². The monoisotopic (exact) mass is 431 g/mol. The number of hydrogen-bond donors (Lipinski definition) is 0. The van der Waals surface area contributed by atoms with E-state index in [0.717, 1.165) is 16.1 Å². The number of hydrogen-bond acceptors (Lipinski definition) is 2. The smallest absolute Gasteiger partial charge is 0.0562 e. The summed E-state index contributed by atoms with van der Waals surface area (Å²) in [5.41, 5.74) is 4.63. The Bertz CT molecular complexity index is 674. The van der Waals surface area contributed by atoms with E-state index in [0.29, 0.717) is 0 Å². The van der Waals surface area contributed by atoms with Gasteiger partial charge in [-0.25, -0.2) is 11.3 Å². The molecule has 0 N–H and O–H groups in total. The third-order valence-corrected chi connectivity index (χ3v) is 3.71. The maximum absolute atomic E-state index is 4.70. The van der Waals surface area contributed by atoms with Crippen molar-refractivity contribution in [3.8, 4) is 10.6 Å². The minimum atomic E-state index is 0. The molecule has 0 spiro atoms. The van der Waals surface area contributed by atoms with Crippen LogP contribution >= 0.6 is 11.3 Å². The number of rotatable bonds is 1. The van der Waals surface area contributed by atoms with Crippen molar-refractivity contribution in [2.24, 2.45) is 0 Å². The molecule has 0 aliphatic rings. The zero-order chi connectivity index (χ0) is 11.8. The first-order valence-corrected chi connectivity index (χ1v) is 6.45. The number of fused-ring (bicyclic) bond motifs is 1. The molecule has 0 unspecified atom stereocenters. The van der Waals surface area contributed by atoms with E-state index in [1.165, 1.54) is 16.5 Å². The molecule has 0 saturated heterocycles. The third-order valence-electron chi connectivity index (χ3n) is 2.87. The summed E-state index contributed by atoms with van der Waals surface area (Å²) in [6.07, 6.45) is 0. The van der Waals surface area contributed by atoms with Crippen LogP contribution in [0, 0.1) is 19.9 Å². The standard InChI is InChI=1S/C15H12NS.Ir/c1-10-5-6-13-12(8-10)11(2)9-14(16-13)15-4-3-7-17-15;/h3,5-9H,1-2H3;/q-1;. The molecule has 1 nitrogen and oxygen atoms in total. The Labute approximate surface area is 124 Å². The zero-order valence-electron chi connectivity index (χ0n) is 10.2. The fourth-order valence-corrected chi connectivity index (χ4v) is 2.64. The third kappa shape index (κ3) is 2.39. The van der Waals surface area contributed by atoms with Crippen molar-refractivity contribution in [1.29, 1.82) is 0 Å². The molecule has 0 saturated carbocycles. The molecule has 1 radical (unpaired) electrons.